The van der Waals surface area contributed by atoms with E-state index in [2.05, 4.69) is 20.6 Å². The molecule has 0 aliphatic rings. The van der Waals surface area contributed by atoms with Gasteiger partial charge in [0.1, 0.15) is 17.7 Å². The molecule has 8 heteroatoms. The molecule has 0 saturated carbocycles. The fraction of sp³-hybridized carbons (Fsp3) is 0.400. The Hall–Kier alpha value is -2.38. The Morgan fingerprint density at radius 1 is 1.50 bits per heavy atom. The highest BCUT2D eigenvalue weighted by atomic mass is 16.4. The summed E-state index contributed by atoms with van der Waals surface area (Å²) in [5.74, 6) is 0.175. The zero-order valence-electron chi connectivity index (χ0n) is 10.4. The minimum atomic E-state index is -0.999. The fourth-order valence-corrected chi connectivity index (χ4v) is 1.75. The molecule has 0 aliphatic heterocycles. The molecule has 0 unspecified atom stereocenters. The minimum Gasteiger partial charge on any atom is -0.477 e. The largest absolute Gasteiger partial charge is 0.477 e. The van der Waals surface area contributed by atoms with Gasteiger partial charge in [0.2, 0.25) is 0 Å². The molecule has 2 rings (SSSR count). The molecule has 0 aromatic carbocycles. The number of rotatable bonds is 4. The summed E-state index contributed by atoms with van der Waals surface area (Å²) in [6.45, 7) is 2.05. The predicted octanol–water partition coefficient (Wildman–Crippen LogP) is 0.167. The van der Waals surface area contributed by atoms with E-state index in [0.717, 1.165) is 0 Å². The zero-order valence-corrected chi connectivity index (χ0v) is 10.4. The maximum atomic E-state index is 11.2. The lowest BCUT2D eigenvalue weighted by Gasteiger charge is -2.07. The van der Waals surface area contributed by atoms with Gasteiger partial charge in [-0.15, -0.1) is 10.2 Å². The third-order valence-electron chi connectivity index (χ3n) is 2.66. The number of carbonyl (C=O) groups is 1. The number of aromatic carboxylic acids is 1. The van der Waals surface area contributed by atoms with Gasteiger partial charge in [0, 0.05) is 14.1 Å². The Morgan fingerprint density at radius 2 is 2.22 bits per heavy atom. The first kappa shape index (κ1) is 12.1. The van der Waals surface area contributed by atoms with E-state index in [4.69, 9.17) is 5.11 Å². The first-order chi connectivity index (χ1) is 8.50. The summed E-state index contributed by atoms with van der Waals surface area (Å²) >= 11 is 0. The molecule has 0 spiro atoms. The van der Waals surface area contributed by atoms with Crippen molar-refractivity contribution >= 4 is 11.8 Å². The summed E-state index contributed by atoms with van der Waals surface area (Å²) in [5.41, 5.74) is 0.658. The normalized spacial score (nSPS) is 10.6. The van der Waals surface area contributed by atoms with Crippen LogP contribution >= 0.6 is 0 Å². The van der Waals surface area contributed by atoms with Crippen LogP contribution in [0.4, 0.5) is 5.82 Å². The summed E-state index contributed by atoms with van der Waals surface area (Å²) < 4.78 is 3.27. The van der Waals surface area contributed by atoms with Crippen LogP contribution in [0.2, 0.25) is 0 Å². The van der Waals surface area contributed by atoms with Gasteiger partial charge in [0.15, 0.2) is 5.82 Å². The first-order valence-electron chi connectivity index (χ1n) is 5.34. The molecule has 2 N–H and O–H groups in total. The van der Waals surface area contributed by atoms with Gasteiger partial charge in [0.25, 0.3) is 0 Å². The van der Waals surface area contributed by atoms with Crippen molar-refractivity contribution in [3.05, 3.63) is 23.4 Å². The standard InChI is InChI=1S/C10H14N6O2/c1-6-8(10(17)18)9(16(3)14-6)11-4-7-13-12-5-15(7)2/h5,11H,4H2,1-3H3,(H,17,18). The van der Waals surface area contributed by atoms with Crippen LogP contribution in [0.15, 0.2) is 6.33 Å². The molecule has 0 amide bonds. The molecule has 0 aliphatic carbocycles. The first-order valence-corrected chi connectivity index (χ1v) is 5.34. The summed E-state index contributed by atoms with van der Waals surface area (Å²) in [6.07, 6.45) is 1.59. The quantitative estimate of drug-likeness (QED) is 0.802. The number of hydrogen-bond acceptors (Lipinski definition) is 5. The topological polar surface area (TPSA) is 97.9 Å². The number of aromatic nitrogens is 5. The summed E-state index contributed by atoms with van der Waals surface area (Å²) in [4.78, 5) is 11.2. The van der Waals surface area contributed by atoms with E-state index in [1.165, 1.54) is 4.68 Å². The molecule has 2 aromatic heterocycles. The summed E-state index contributed by atoms with van der Waals surface area (Å²) in [6, 6.07) is 0. The molecule has 0 saturated heterocycles. The number of nitrogens with zero attached hydrogens (tertiary/aromatic N) is 5. The number of carboxylic acids is 1. The van der Waals surface area contributed by atoms with Crippen molar-refractivity contribution in [2.75, 3.05) is 5.32 Å². The van der Waals surface area contributed by atoms with Crippen LogP contribution in [0.1, 0.15) is 21.9 Å². The average molecular weight is 250 g/mol. The second-order valence-corrected chi connectivity index (χ2v) is 3.95. The molecule has 96 valence electrons. The Morgan fingerprint density at radius 3 is 2.78 bits per heavy atom. The van der Waals surface area contributed by atoms with Crippen LogP contribution in [0.3, 0.4) is 0 Å². The van der Waals surface area contributed by atoms with Crippen molar-refractivity contribution in [2.45, 2.75) is 13.5 Å². The van der Waals surface area contributed by atoms with E-state index in [1.807, 2.05) is 7.05 Å². The van der Waals surface area contributed by atoms with E-state index >= 15 is 0 Å². The second kappa shape index (κ2) is 4.47. The van der Waals surface area contributed by atoms with Crippen molar-refractivity contribution < 1.29 is 9.90 Å². The van der Waals surface area contributed by atoms with Crippen molar-refractivity contribution in [3.8, 4) is 0 Å². The smallest absolute Gasteiger partial charge is 0.341 e. The Bertz CT molecular complexity index is 585. The molecule has 18 heavy (non-hydrogen) atoms. The fourth-order valence-electron chi connectivity index (χ4n) is 1.75. The Labute approximate surface area is 103 Å². The monoisotopic (exact) mass is 250 g/mol. The zero-order chi connectivity index (χ0) is 13.3. The number of nitrogens with one attached hydrogen (secondary N) is 1. The van der Waals surface area contributed by atoms with Gasteiger partial charge in [-0.25, -0.2) is 4.79 Å². The van der Waals surface area contributed by atoms with Gasteiger partial charge in [-0.05, 0) is 6.92 Å². The summed E-state index contributed by atoms with van der Waals surface area (Å²) in [5, 5.41) is 23.9. The molecular formula is C10H14N6O2. The van der Waals surface area contributed by atoms with Gasteiger partial charge in [-0.1, -0.05) is 0 Å². The van der Waals surface area contributed by atoms with E-state index in [0.29, 0.717) is 23.9 Å². The van der Waals surface area contributed by atoms with Gasteiger partial charge in [0.05, 0.1) is 12.2 Å². The molecular weight excluding hydrogens is 236 g/mol. The predicted molar refractivity (Wildman–Crippen MR) is 63.2 cm³/mol. The highest BCUT2D eigenvalue weighted by Gasteiger charge is 2.19. The van der Waals surface area contributed by atoms with Crippen molar-refractivity contribution in [1.82, 2.24) is 24.5 Å². The van der Waals surface area contributed by atoms with E-state index < -0.39 is 5.97 Å². The van der Waals surface area contributed by atoms with Crippen LogP contribution in [0.25, 0.3) is 0 Å². The van der Waals surface area contributed by atoms with Crippen molar-refractivity contribution in [3.63, 3.8) is 0 Å². The van der Waals surface area contributed by atoms with Crippen LogP contribution in [-0.4, -0.2) is 35.6 Å². The number of carboxylic acid groups (broad SMARTS) is 1. The van der Waals surface area contributed by atoms with Gasteiger partial charge < -0.3 is 15.0 Å². The van der Waals surface area contributed by atoms with Crippen LogP contribution in [0, 0.1) is 6.92 Å². The molecule has 8 nitrogen and oxygen atoms in total. The minimum absolute atomic E-state index is 0.180. The van der Waals surface area contributed by atoms with Crippen molar-refractivity contribution in [1.29, 1.82) is 0 Å². The van der Waals surface area contributed by atoms with Gasteiger partial charge in [-0.3, -0.25) is 4.68 Å². The lowest BCUT2D eigenvalue weighted by Crippen LogP contribution is -2.11. The lowest BCUT2D eigenvalue weighted by atomic mass is 10.2. The van der Waals surface area contributed by atoms with E-state index in [9.17, 15) is 4.79 Å². The van der Waals surface area contributed by atoms with Gasteiger partial charge >= 0.3 is 5.97 Å². The average Bonchev–Trinajstić information content (AvgIpc) is 2.79. The Balaban J connectivity index is 2.24. The van der Waals surface area contributed by atoms with Gasteiger partial charge in [-0.2, -0.15) is 5.10 Å². The summed E-state index contributed by atoms with van der Waals surface area (Å²) in [7, 11) is 3.52. The third-order valence-corrected chi connectivity index (χ3v) is 2.66. The molecule has 0 bridgehead atoms. The van der Waals surface area contributed by atoms with Crippen LogP contribution in [0.5, 0.6) is 0 Å². The number of anilines is 1. The molecule has 0 fully saturated rings. The van der Waals surface area contributed by atoms with Crippen LogP contribution < -0.4 is 5.32 Å². The molecule has 2 aromatic rings. The highest BCUT2D eigenvalue weighted by molar-refractivity contribution is 5.94. The SMILES string of the molecule is Cc1nn(C)c(NCc2nncn2C)c1C(=O)O. The number of hydrogen-bond donors (Lipinski definition) is 2. The highest BCUT2D eigenvalue weighted by Crippen LogP contribution is 2.19. The third kappa shape index (κ3) is 2.04. The second-order valence-electron chi connectivity index (χ2n) is 3.95. The molecule has 0 atom stereocenters. The molecule has 0 radical (unpaired) electrons. The lowest BCUT2D eigenvalue weighted by molar-refractivity contribution is 0.0697. The van der Waals surface area contributed by atoms with Crippen LogP contribution in [-0.2, 0) is 20.6 Å². The van der Waals surface area contributed by atoms with E-state index in [1.54, 1.807) is 24.9 Å². The maximum Gasteiger partial charge on any atom is 0.341 e. The maximum absolute atomic E-state index is 11.2. The molecule has 2 heterocycles. The van der Waals surface area contributed by atoms with Crippen molar-refractivity contribution in [2.24, 2.45) is 14.1 Å². The number of aryl methyl sites for hydroxylation is 3. The Kier molecular flexibility index (Phi) is 3.00. The van der Waals surface area contributed by atoms with E-state index in [-0.39, 0.29) is 5.56 Å².